The van der Waals surface area contributed by atoms with E-state index < -0.39 is 0 Å². The highest BCUT2D eigenvalue weighted by atomic mass is 35.5. The van der Waals surface area contributed by atoms with Crippen LogP contribution in [0.15, 0.2) is 29.6 Å². The lowest BCUT2D eigenvalue weighted by atomic mass is 10.2. The molecule has 0 fully saturated rings. The van der Waals surface area contributed by atoms with Gasteiger partial charge < -0.3 is 4.90 Å². The number of hydrogen-bond acceptors (Lipinski definition) is 4. The van der Waals surface area contributed by atoms with Crippen LogP contribution in [-0.2, 0) is 0 Å². The molecular formula is C13H13ClN2OS. The number of nitrogens with zero attached hydrogens (tertiary/aromatic N) is 2. The maximum atomic E-state index is 11.4. The minimum Gasteiger partial charge on any atom is -0.378 e. The number of alkyl halides is 1. The number of halogens is 1. The molecule has 2 aromatic rings. The van der Waals surface area contributed by atoms with E-state index in [0.29, 0.717) is 5.69 Å². The number of aromatic nitrogens is 1. The zero-order chi connectivity index (χ0) is 13.1. The molecule has 94 valence electrons. The summed E-state index contributed by atoms with van der Waals surface area (Å²) >= 11 is 6.96. The molecule has 0 saturated carbocycles. The summed E-state index contributed by atoms with van der Waals surface area (Å²) in [5, 5.41) is 2.59. The molecule has 0 aliphatic carbocycles. The van der Waals surface area contributed by atoms with Gasteiger partial charge in [-0.05, 0) is 24.3 Å². The lowest BCUT2D eigenvalue weighted by molar-refractivity contribution is 0.101. The molecule has 0 saturated heterocycles. The number of ketones is 1. The van der Waals surface area contributed by atoms with Crippen molar-refractivity contribution in [1.29, 1.82) is 0 Å². The molecule has 0 N–H and O–H groups in total. The molecular weight excluding hydrogens is 268 g/mol. The Bertz CT molecular complexity index is 548. The number of benzene rings is 1. The predicted molar refractivity (Wildman–Crippen MR) is 76.9 cm³/mol. The summed E-state index contributed by atoms with van der Waals surface area (Å²) < 4.78 is 0. The zero-order valence-corrected chi connectivity index (χ0v) is 11.8. The molecule has 1 heterocycles. The van der Waals surface area contributed by atoms with Crippen LogP contribution in [0.2, 0.25) is 0 Å². The van der Waals surface area contributed by atoms with Crippen LogP contribution in [0.3, 0.4) is 0 Å². The monoisotopic (exact) mass is 280 g/mol. The van der Waals surface area contributed by atoms with Gasteiger partial charge >= 0.3 is 0 Å². The molecule has 18 heavy (non-hydrogen) atoms. The van der Waals surface area contributed by atoms with Gasteiger partial charge in [0.1, 0.15) is 10.7 Å². The van der Waals surface area contributed by atoms with E-state index in [-0.39, 0.29) is 11.7 Å². The highest BCUT2D eigenvalue weighted by Crippen LogP contribution is 2.25. The second kappa shape index (κ2) is 5.50. The first-order chi connectivity index (χ1) is 8.61. The molecule has 0 atom stereocenters. The van der Waals surface area contributed by atoms with E-state index in [1.54, 1.807) is 5.38 Å². The van der Waals surface area contributed by atoms with Gasteiger partial charge in [-0.2, -0.15) is 0 Å². The fourth-order valence-corrected chi connectivity index (χ4v) is 2.47. The van der Waals surface area contributed by atoms with Gasteiger partial charge in [0, 0.05) is 30.7 Å². The van der Waals surface area contributed by atoms with Crippen molar-refractivity contribution >= 4 is 34.4 Å². The van der Waals surface area contributed by atoms with Crippen LogP contribution >= 0.6 is 22.9 Å². The van der Waals surface area contributed by atoms with Gasteiger partial charge in [0.05, 0.1) is 5.88 Å². The molecule has 0 unspecified atom stereocenters. The van der Waals surface area contributed by atoms with Crippen LogP contribution in [0.1, 0.15) is 10.5 Å². The second-order valence-corrected chi connectivity index (χ2v) is 5.16. The average Bonchev–Trinajstić information content (AvgIpc) is 2.87. The SMILES string of the molecule is CN(C)c1ccc(-c2nc(C(=O)CCl)cs2)cc1. The van der Waals surface area contributed by atoms with E-state index in [4.69, 9.17) is 11.6 Å². The molecule has 0 spiro atoms. The normalized spacial score (nSPS) is 10.4. The van der Waals surface area contributed by atoms with Crippen molar-refractivity contribution in [2.75, 3.05) is 24.9 Å². The number of anilines is 1. The van der Waals surface area contributed by atoms with Gasteiger partial charge in [0.25, 0.3) is 0 Å². The predicted octanol–water partition coefficient (Wildman–Crippen LogP) is 3.30. The standard InChI is InChI=1S/C13H13ClN2OS/c1-16(2)10-5-3-9(4-6-10)13-15-11(8-18-13)12(17)7-14/h3-6,8H,7H2,1-2H3. The van der Waals surface area contributed by atoms with Gasteiger partial charge in [0.2, 0.25) is 0 Å². The molecule has 1 aromatic carbocycles. The second-order valence-electron chi connectivity index (χ2n) is 4.04. The van der Waals surface area contributed by atoms with Gasteiger partial charge in [-0.3, -0.25) is 4.79 Å². The quantitative estimate of drug-likeness (QED) is 0.636. The summed E-state index contributed by atoms with van der Waals surface area (Å²) in [4.78, 5) is 17.7. The van der Waals surface area contributed by atoms with Gasteiger partial charge in [-0.1, -0.05) is 0 Å². The van der Waals surface area contributed by atoms with E-state index in [1.165, 1.54) is 11.3 Å². The molecule has 0 aliphatic rings. The van der Waals surface area contributed by atoms with Crippen molar-refractivity contribution in [3.05, 3.63) is 35.3 Å². The first-order valence-electron chi connectivity index (χ1n) is 5.44. The molecule has 0 amide bonds. The minimum absolute atomic E-state index is 0.0251. The highest BCUT2D eigenvalue weighted by molar-refractivity contribution is 7.13. The number of rotatable bonds is 4. The Kier molecular flexibility index (Phi) is 3.99. The Hall–Kier alpha value is -1.39. The highest BCUT2D eigenvalue weighted by Gasteiger charge is 2.10. The summed E-state index contributed by atoms with van der Waals surface area (Å²) in [5.74, 6) is -0.160. The summed E-state index contributed by atoms with van der Waals surface area (Å²) in [7, 11) is 3.99. The molecule has 0 radical (unpaired) electrons. The molecule has 0 bridgehead atoms. The summed E-state index contributed by atoms with van der Waals surface area (Å²) in [5.41, 5.74) is 2.59. The van der Waals surface area contributed by atoms with Crippen molar-refractivity contribution in [3.63, 3.8) is 0 Å². The molecule has 3 nitrogen and oxygen atoms in total. The van der Waals surface area contributed by atoms with Gasteiger partial charge in [-0.15, -0.1) is 22.9 Å². The largest absolute Gasteiger partial charge is 0.378 e. The van der Waals surface area contributed by atoms with Crippen molar-refractivity contribution in [1.82, 2.24) is 4.98 Å². The number of Topliss-reactive ketones (excluding diaryl/α,β-unsaturated/α-hetero) is 1. The minimum atomic E-state index is -0.135. The van der Waals surface area contributed by atoms with Crippen molar-refractivity contribution in [2.45, 2.75) is 0 Å². The zero-order valence-electron chi connectivity index (χ0n) is 10.2. The van der Waals surface area contributed by atoms with Gasteiger partial charge in [-0.25, -0.2) is 4.98 Å². The van der Waals surface area contributed by atoms with Crippen molar-refractivity contribution in [2.24, 2.45) is 0 Å². The summed E-state index contributed by atoms with van der Waals surface area (Å²) in [6.07, 6.45) is 0. The molecule has 5 heteroatoms. The smallest absolute Gasteiger partial charge is 0.196 e. The third-order valence-electron chi connectivity index (χ3n) is 2.54. The first kappa shape index (κ1) is 13.1. The third-order valence-corrected chi connectivity index (χ3v) is 3.68. The van der Waals surface area contributed by atoms with Crippen LogP contribution in [0.25, 0.3) is 10.6 Å². The van der Waals surface area contributed by atoms with E-state index in [2.05, 4.69) is 4.98 Å². The van der Waals surface area contributed by atoms with Crippen LogP contribution in [0.4, 0.5) is 5.69 Å². The van der Waals surface area contributed by atoms with Crippen molar-refractivity contribution in [3.8, 4) is 10.6 Å². The summed E-state index contributed by atoms with van der Waals surface area (Å²) in [6.45, 7) is 0. The number of carbonyl (C=O) groups excluding carboxylic acids is 1. The Morgan fingerprint density at radius 1 is 1.33 bits per heavy atom. The van der Waals surface area contributed by atoms with Crippen LogP contribution in [-0.4, -0.2) is 30.7 Å². The van der Waals surface area contributed by atoms with Crippen molar-refractivity contribution < 1.29 is 4.79 Å². The number of carbonyl (C=O) groups is 1. The van der Waals surface area contributed by atoms with E-state index in [9.17, 15) is 4.79 Å². The number of hydrogen-bond donors (Lipinski definition) is 0. The van der Waals surface area contributed by atoms with Crippen LogP contribution in [0, 0.1) is 0 Å². The average molecular weight is 281 g/mol. The van der Waals surface area contributed by atoms with E-state index in [0.717, 1.165) is 16.3 Å². The molecule has 0 aliphatic heterocycles. The fraction of sp³-hybridized carbons (Fsp3) is 0.231. The third kappa shape index (κ3) is 2.71. The maximum absolute atomic E-state index is 11.4. The fourth-order valence-electron chi connectivity index (χ4n) is 1.51. The molecule has 2 rings (SSSR count). The van der Waals surface area contributed by atoms with Crippen LogP contribution < -0.4 is 4.90 Å². The van der Waals surface area contributed by atoms with Crippen LogP contribution in [0.5, 0.6) is 0 Å². The Balaban J connectivity index is 2.26. The lowest BCUT2D eigenvalue weighted by Crippen LogP contribution is -2.07. The maximum Gasteiger partial charge on any atom is 0.196 e. The van der Waals surface area contributed by atoms with Gasteiger partial charge in [0.15, 0.2) is 5.78 Å². The Morgan fingerprint density at radius 3 is 2.56 bits per heavy atom. The van der Waals surface area contributed by atoms with E-state index in [1.807, 2.05) is 43.3 Å². The lowest BCUT2D eigenvalue weighted by Gasteiger charge is -2.11. The first-order valence-corrected chi connectivity index (χ1v) is 6.85. The molecule has 1 aromatic heterocycles. The van der Waals surface area contributed by atoms with E-state index >= 15 is 0 Å². The topological polar surface area (TPSA) is 33.2 Å². The Morgan fingerprint density at radius 2 is 2.00 bits per heavy atom. The summed E-state index contributed by atoms with van der Waals surface area (Å²) in [6, 6.07) is 8.06. The number of thiazole rings is 1. The Labute approximate surface area is 115 Å².